The molecule has 0 aliphatic rings. The molecular weight excluding hydrogens is 219 g/mol. The number of nitrogens with zero attached hydrogens (tertiary/aromatic N) is 2. The molecule has 4 nitrogen and oxygen atoms in total. The van der Waals surface area contributed by atoms with Crippen molar-refractivity contribution < 1.29 is 12.3 Å². The Hall–Kier alpha value is -0.910. The van der Waals surface area contributed by atoms with Gasteiger partial charge in [-0.3, -0.25) is 4.68 Å². The fourth-order valence-electron chi connectivity index (χ4n) is 1.75. The zero-order valence-corrected chi connectivity index (χ0v) is 10.1. The van der Waals surface area contributed by atoms with Crippen molar-refractivity contribution in [2.45, 2.75) is 39.5 Å². The van der Waals surface area contributed by atoms with Gasteiger partial charge < -0.3 is 0 Å². The van der Waals surface area contributed by atoms with Gasteiger partial charge in [0.25, 0.3) is 0 Å². The van der Waals surface area contributed by atoms with E-state index in [4.69, 9.17) is 0 Å². The summed E-state index contributed by atoms with van der Waals surface area (Å²) in [4.78, 5) is 0. The molecule has 15 heavy (non-hydrogen) atoms. The van der Waals surface area contributed by atoms with Crippen LogP contribution in [0.1, 0.15) is 36.0 Å². The normalized spacial score (nSPS) is 14.2. The zero-order valence-electron chi connectivity index (χ0n) is 9.28. The van der Waals surface area contributed by atoms with E-state index in [9.17, 15) is 12.3 Å². The fourth-order valence-corrected chi connectivity index (χ4v) is 2.37. The second kappa shape index (κ2) is 3.92. The molecule has 1 aromatic rings. The van der Waals surface area contributed by atoms with Gasteiger partial charge in [-0.25, -0.2) is 0 Å². The van der Waals surface area contributed by atoms with Crippen molar-refractivity contribution in [2.75, 3.05) is 0 Å². The second-order valence-electron chi connectivity index (χ2n) is 3.52. The summed E-state index contributed by atoms with van der Waals surface area (Å²) < 4.78 is 36.2. The average Bonchev–Trinajstić information content (AvgIpc) is 2.39. The highest BCUT2D eigenvalue weighted by Gasteiger charge is 2.27. The first-order valence-corrected chi connectivity index (χ1v) is 6.21. The van der Waals surface area contributed by atoms with Gasteiger partial charge in [-0.05, 0) is 27.7 Å². The van der Waals surface area contributed by atoms with Crippen LogP contribution in [-0.2, 0) is 16.8 Å². The first-order chi connectivity index (χ1) is 6.79. The van der Waals surface area contributed by atoms with Gasteiger partial charge in [0, 0.05) is 17.8 Å². The molecule has 0 fully saturated rings. The Bertz CT molecular complexity index is 465. The molecule has 0 radical (unpaired) electrons. The first kappa shape index (κ1) is 12.2. The van der Waals surface area contributed by atoms with Crippen LogP contribution in [-0.4, -0.2) is 18.2 Å². The fraction of sp³-hybridized carbons (Fsp3) is 0.667. The van der Waals surface area contributed by atoms with E-state index in [0.717, 1.165) is 0 Å². The molecule has 0 bridgehead atoms. The van der Waals surface area contributed by atoms with Gasteiger partial charge in [-0.15, -0.1) is 3.89 Å². The van der Waals surface area contributed by atoms with E-state index in [1.54, 1.807) is 18.5 Å². The van der Waals surface area contributed by atoms with Crippen LogP contribution in [0, 0.1) is 13.8 Å². The molecule has 0 spiro atoms. The van der Waals surface area contributed by atoms with Crippen LogP contribution in [0.2, 0.25) is 0 Å². The van der Waals surface area contributed by atoms with Crippen molar-refractivity contribution in [3.05, 3.63) is 17.0 Å². The Morgan fingerprint density at radius 2 is 2.00 bits per heavy atom. The van der Waals surface area contributed by atoms with Crippen LogP contribution in [0.25, 0.3) is 0 Å². The van der Waals surface area contributed by atoms with Crippen molar-refractivity contribution in [3.8, 4) is 0 Å². The van der Waals surface area contributed by atoms with Crippen molar-refractivity contribution in [1.29, 1.82) is 0 Å². The third-order valence-electron chi connectivity index (χ3n) is 2.57. The largest absolute Gasteiger partial charge is 0.309 e. The summed E-state index contributed by atoms with van der Waals surface area (Å²) in [6.07, 6.45) is 0. The molecule has 0 N–H and O–H groups in total. The Balaban J connectivity index is 3.32. The monoisotopic (exact) mass is 234 g/mol. The minimum Gasteiger partial charge on any atom is -0.270 e. The average molecular weight is 234 g/mol. The number of aryl methyl sites for hydroxylation is 2. The van der Waals surface area contributed by atoms with E-state index < -0.39 is 15.5 Å². The molecule has 1 unspecified atom stereocenters. The Kier molecular flexibility index (Phi) is 3.18. The molecule has 86 valence electrons. The Morgan fingerprint density at radius 3 is 2.33 bits per heavy atom. The summed E-state index contributed by atoms with van der Waals surface area (Å²) >= 11 is 0. The summed E-state index contributed by atoms with van der Waals surface area (Å²) in [5, 5.41) is 3.01. The maximum Gasteiger partial charge on any atom is 0.309 e. The van der Waals surface area contributed by atoms with Crippen molar-refractivity contribution >= 4 is 10.2 Å². The summed E-state index contributed by atoms with van der Waals surface area (Å²) in [7, 11) is -4.55. The van der Waals surface area contributed by atoms with Gasteiger partial charge in [-0.1, -0.05) is 0 Å². The number of hydrogen-bond acceptors (Lipinski definition) is 3. The summed E-state index contributed by atoms with van der Waals surface area (Å²) in [6.45, 7) is 7.33. The highest BCUT2D eigenvalue weighted by molar-refractivity contribution is 7.86. The van der Waals surface area contributed by atoms with Gasteiger partial charge in [-0.2, -0.15) is 13.5 Å². The lowest BCUT2D eigenvalue weighted by Crippen LogP contribution is -2.07. The molecule has 0 amide bonds. The van der Waals surface area contributed by atoms with Gasteiger partial charge in [0.2, 0.25) is 0 Å². The summed E-state index contributed by atoms with van der Waals surface area (Å²) in [5.41, 5.74) is 1.76. The summed E-state index contributed by atoms with van der Waals surface area (Å²) in [5.74, 6) is 0. The molecule has 1 atom stereocenters. The summed E-state index contributed by atoms with van der Waals surface area (Å²) in [6, 6.07) is 0. The van der Waals surface area contributed by atoms with Crippen LogP contribution < -0.4 is 0 Å². The minimum absolute atomic E-state index is 0.472. The van der Waals surface area contributed by atoms with Gasteiger partial charge >= 0.3 is 10.2 Å². The van der Waals surface area contributed by atoms with E-state index in [-0.39, 0.29) is 0 Å². The van der Waals surface area contributed by atoms with Gasteiger partial charge in [0.15, 0.2) is 0 Å². The number of aromatic nitrogens is 2. The highest BCUT2D eigenvalue weighted by Crippen LogP contribution is 2.28. The lowest BCUT2D eigenvalue weighted by Gasteiger charge is -2.07. The Morgan fingerprint density at radius 1 is 1.47 bits per heavy atom. The minimum atomic E-state index is -4.55. The van der Waals surface area contributed by atoms with Crippen LogP contribution >= 0.6 is 0 Å². The van der Waals surface area contributed by atoms with E-state index in [1.807, 2.05) is 6.92 Å². The van der Waals surface area contributed by atoms with Crippen LogP contribution in [0.15, 0.2) is 0 Å². The smallest absolute Gasteiger partial charge is 0.270 e. The maximum atomic E-state index is 12.9. The second-order valence-corrected chi connectivity index (χ2v) is 5.18. The van der Waals surface area contributed by atoms with E-state index >= 15 is 0 Å². The molecule has 0 saturated heterocycles. The molecule has 1 rings (SSSR count). The molecule has 1 aromatic heterocycles. The molecule has 0 aromatic carbocycles. The van der Waals surface area contributed by atoms with Crippen molar-refractivity contribution in [3.63, 3.8) is 0 Å². The number of hydrogen-bond donors (Lipinski definition) is 0. The maximum absolute atomic E-state index is 12.9. The van der Waals surface area contributed by atoms with E-state index in [2.05, 4.69) is 5.10 Å². The lowest BCUT2D eigenvalue weighted by atomic mass is 10.1. The molecule has 0 aliphatic carbocycles. The standard InChI is InChI=1S/C9H15FN2O2S/c1-5-12-7(3)9(6(2)11-12)8(4)15(10,13)14/h8H,5H2,1-4H3. The molecular formula is C9H15FN2O2S. The predicted molar refractivity (Wildman–Crippen MR) is 55.8 cm³/mol. The molecule has 6 heteroatoms. The third kappa shape index (κ3) is 2.19. The van der Waals surface area contributed by atoms with Gasteiger partial charge in [0.05, 0.1) is 5.69 Å². The van der Waals surface area contributed by atoms with E-state index in [1.165, 1.54) is 6.92 Å². The van der Waals surface area contributed by atoms with Crippen molar-refractivity contribution in [1.82, 2.24) is 9.78 Å². The number of rotatable bonds is 3. The van der Waals surface area contributed by atoms with Gasteiger partial charge in [0.1, 0.15) is 5.25 Å². The SMILES string of the molecule is CCn1nc(C)c(C(C)S(=O)(=O)F)c1C. The third-order valence-corrected chi connectivity index (χ3v) is 3.65. The highest BCUT2D eigenvalue weighted by atomic mass is 32.3. The van der Waals surface area contributed by atoms with Crippen LogP contribution in [0.3, 0.4) is 0 Å². The Labute approximate surface area is 89.3 Å². The molecule has 1 heterocycles. The van der Waals surface area contributed by atoms with Crippen molar-refractivity contribution in [2.24, 2.45) is 0 Å². The molecule has 0 saturated carbocycles. The topological polar surface area (TPSA) is 52.0 Å². The quantitative estimate of drug-likeness (QED) is 0.750. The van der Waals surface area contributed by atoms with E-state index in [0.29, 0.717) is 23.5 Å². The lowest BCUT2D eigenvalue weighted by molar-refractivity contribution is 0.539. The van der Waals surface area contributed by atoms with Crippen LogP contribution in [0.4, 0.5) is 3.89 Å². The molecule has 0 aliphatic heterocycles. The predicted octanol–water partition coefficient (Wildman–Crippen LogP) is 1.88. The first-order valence-electron chi connectivity index (χ1n) is 4.76. The zero-order chi connectivity index (χ0) is 11.8. The van der Waals surface area contributed by atoms with Crippen LogP contribution in [0.5, 0.6) is 0 Å². The number of halogens is 1.